The Hall–Kier alpha value is -0.860. The standard InChI is InChI=1S/C13H24N6.HI/c1-5-18-10-16-17-11(18)8-15-12(14-4)19-7-6-13(2,3)9-19;/h10H,5-9H2,1-4H3,(H,14,15);1H. The zero-order valence-electron chi connectivity index (χ0n) is 12.8. The molecule has 1 N–H and O–H groups in total. The predicted octanol–water partition coefficient (Wildman–Crippen LogP) is 1.72. The number of hydrogen-bond donors (Lipinski definition) is 1. The van der Waals surface area contributed by atoms with E-state index in [2.05, 4.69) is 46.2 Å². The number of aromatic nitrogens is 3. The molecular weight excluding hydrogens is 367 g/mol. The molecule has 1 fully saturated rings. The van der Waals surface area contributed by atoms with Gasteiger partial charge in [-0.2, -0.15) is 0 Å². The molecular formula is C13H25IN6. The summed E-state index contributed by atoms with van der Waals surface area (Å²) in [5, 5.41) is 11.4. The lowest BCUT2D eigenvalue weighted by Crippen LogP contribution is -2.40. The fraction of sp³-hybridized carbons (Fsp3) is 0.769. The molecule has 7 heteroatoms. The highest BCUT2D eigenvalue weighted by Crippen LogP contribution is 2.28. The van der Waals surface area contributed by atoms with Crippen molar-refractivity contribution in [3.8, 4) is 0 Å². The number of likely N-dealkylation sites (tertiary alicyclic amines) is 1. The number of aliphatic imine (C=N–C) groups is 1. The van der Waals surface area contributed by atoms with E-state index in [4.69, 9.17) is 0 Å². The minimum atomic E-state index is 0. The molecule has 1 aliphatic rings. The van der Waals surface area contributed by atoms with Crippen LogP contribution in [-0.4, -0.2) is 45.8 Å². The Bertz CT molecular complexity index is 453. The van der Waals surface area contributed by atoms with E-state index in [1.807, 2.05) is 11.6 Å². The van der Waals surface area contributed by atoms with Crippen LogP contribution in [0.1, 0.15) is 33.0 Å². The van der Waals surface area contributed by atoms with Crippen molar-refractivity contribution in [3.63, 3.8) is 0 Å². The van der Waals surface area contributed by atoms with Crippen molar-refractivity contribution in [2.24, 2.45) is 10.4 Å². The molecule has 0 aliphatic carbocycles. The molecule has 0 bridgehead atoms. The second-order valence-corrected chi connectivity index (χ2v) is 5.77. The van der Waals surface area contributed by atoms with Gasteiger partial charge in [0.2, 0.25) is 0 Å². The monoisotopic (exact) mass is 392 g/mol. The molecule has 0 saturated carbocycles. The van der Waals surface area contributed by atoms with Crippen molar-refractivity contribution < 1.29 is 0 Å². The van der Waals surface area contributed by atoms with Crippen molar-refractivity contribution in [1.82, 2.24) is 25.0 Å². The van der Waals surface area contributed by atoms with Crippen LogP contribution in [0, 0.1) is 5.41 Å². The minimum absolute atomic E-state index is 0. The molecule has 1 aromatic rings. The van der Waals surface area contributed by atoms with Gasteiger partial charge in [-0.15, -0.1) is 34.2 Å². The summed E-state index contributed by atoms with van der Waals surface area (Å²) >= 11 is 0. The van der Waals surface area contributed by atoms with Crippen LogP contribution in [0.25, 0.3) is 0 Å². The Morgan fingerprint density at radius 2 is 2.25 bits per heavy atom. The summed E-state index contributed by atoms with van der Waals surface area (Å²) in [5.41, 5.74) is 0.376. The largest absolute Gasteiger partial charge is 0.349 e. The highest BCUT2D eigenvalue weighted by Gasteiger charge is 2.30. The van der Waals surface area contributed by atoms with Crippen LogP contribution >= 0.6 is 24.0 Å². The van der Waals surface area contributed by atoms with Crippen LogP contribution in [0.3, 0.4) is 0 Å². The average Bonchev–Trinajstić information content (AvgIpc) is 2.96. The third-order valence-corrected chi connectivity index (χ3v) is 3.63. The Morgan fingerprint density at radius 3 is 2.80 bits per heavy atom. The van der Waals surface area contributed by atoms with Gasteiger partial charge in [-0.1, -0.05) is 13.8 Å². The zero-order chi connectivity index (χ0) is 13.9. The number of guanidine groups is 1. The highest BCUT2D eigenvalue weighted by molar-refractivity contribution is 14.0. The number of halogens is 1. The molecule has 1 aromatic heterocycles. The smallest absolute Gasteiger partial charge is 0.194 e. The molecule has 20 heavy (non-hydrogen) atoms. The van der Waals surface area contributed by atoms with E-state index < -0.39 is 0 Å². The van der Waals surface area contributed by atoms with Gasteiger partial charge in [0.05, 0.1) is 6.54 Å². The Kier molecular flexibility index (Phi) is 6.22. The van der Waals surface area contributed by atoms with E-state index in [0.29, 0.717) is 12.0 Å². The van der Waals surface area contributed by atoms with Crippen LogP contribution in [0.2, 0.25) is 0 Å². The lowest BCUT2D eigenvalue weighted by molar-refractivity contribution is 0.369. The molecule has 2 heterocycles. The minimum Gasteiger partial charge on any atom is -0.349 e. The van der Waals surface area contributed by atoms with Crippen molar-refractivity contribution in [2.45, 2.75) is 40.3 Å². The van der Waals surface area contributed by atoms with Gasteiger partial charge in [0.25, 0.3) is 0 Å². The molecule has 2 rings (SSSR count). The van der Waals surface area contributed by atoms with E-state index in [0.717, 1.165) is 31.4 Å². The molecule has 1 saturated heterocycles. The van der Waals surface area contributed by atoms with E-state index in [1.54, 1.807) is 6.33 Å². The number of rotatable bonds is 3. The third kappa shape index (κ3) is 4.07. The Labute approximate surface area is 138 Å². The first-order valence-corrected chi connectivity index (χ1v) is 6.88. The summed E-state index contributed by atoms with van der Waals surface area (Å²) < 4.78 is 2.04. The molecule has 0 spiro atoms. The first-order chi connectivity index (χ1) is 9.05. The van der Waals surface area contributed by atoms with E-state index in [-0.39, 0.29) is 24.0 Å². The van der Waals surface area contributed by atoms with Gasteiger partial charge in [-0.05, 0) is 18.8 Å². The Balaban J connectivity index is 0.00000200. The summed E-state index contributed by atoms with van der Waals surface area (Å²) in [6, 6.07) is 0. The first-order valence-electron chi connectivity index (χ1n) is 6.88. The summed E-state index contributed by atoms with van der Waals surface area (Å²) in [5.74, 6) is 1.90. The fourth-order valence-electron chi connectivity index (χ4n) is 2.46. The predicted molar refractivity (Wildman–Crippen MR) is 91.3 cm³/mol. The summed E-state index contributed by atoms with van der Waals surface area (Å²) in [7, 11) is 1.83. The van der Waals surface area contributed by atoms with Crippen LogP contribution < -0.4 is 5.32 Å². The van der Waals surface area contributed by atoms with Crippen molar-refractivity contribution in [3.05, 3.63) is 12.2 Å². The summed E-state index contributed by atoms with van der Waals surface area (Å²) in [6.45, 7) is 10.4. The molecule has 0 unspecified atom stereocenters. The summed E-state index contributed by atoms with van der Waals surface area (Å²) in [4.78, 5) is 6.68. The highest BCUT2D eigenvalue weighted by atomic mass is 127. The molecule has 0 aromatic carbocycles. The number of aryl methyl sites for hydroxylation is 1. The second kappa shape index (κ2) is 7.24. The third-order valence-electron chi connectivity index (χ3n) is 3.63. The maximum Gasteiger partial charge on any atom is 0.194 e. The normalized spacial score (nSPS) is 18.0. The molecule has 6 nitrogen and oxygen atoms in total. The van der Waals surface area contributed by atoms with Gasteiger partial charge in [0.15, 0.2) is 11.8 Å². The maximum absolute atomic E-state index is 4.36. The van der Waals surface area contributed by atoms with Crippen LogP contribution in [0.5, 0.6) is 0 Å². The maximum atomic E-state index is 4.36. The first kappa shape index (κ1) is 17.2. The van der Waals surface area contributed by atoms with Crippen LogP contribution in [0.4, 0.5) is 0 Å². The summed E-state index contributed by atoms with van der Waals surface area (Å²) in [6.07, 6.45) is 2.97. The van der Waals surface area contributed by atoms with Gasteiger partial charge < -0.3 is 14.8 Å². The lowest BCUT2D eigenvalue weighted by Gasteiger charge is -2.23. The van der Waals surface area contributed by atoms with Gasteiger partial charge in [0.1, 0.15) is 6.33 Å². The van der Waals surface area contributed by atoms with Crippen molar-refractivity contribution in [2.75, 3.05) is 20.1 Å². The number of nitrogens with one attached hydrogen (secondary N) is 1. The topological polar surface area (TPSA) is 58.3 Å². The lowest BCUT2D eigenvalue weighted by atomic mass is 9.93. The number of hydrogen-bond acceptors (Lipinski definition) is 3. The van der Waals surface area contributed by atoms with E-state index >= 15 is 0 Å². The van der Waals surface area contributed by atoms with Crippen molar-refractivity contribution in [1.29, 1.82) is 0 Å². The molecule has 0 radical (unpaired) electrons. The molecule has 114 valence electrons. The molecule has 1 aliphatic heterocycles. The quantitative estimate of drug-likeness (QED) is 0.484. The molecule has 0 amide bonds. The van der Waals surface area contributed by atoms with E-state index in [9.17, 15) is 0 Å². The van der Waals surface area contributed by atoms with Crippen LogP contribution in [0.15, 0.2) is 11.3 Å². The SMILES string of the molecule is CCn1cnnc1CNC(=NC)N1CCC(C)(C)C1.I. The van der Waals surface area contributed by atoms with Crippen LogP contribution in [-0.2, 0) is 13.1 Å². The average molecular weight is 392 g/mol. The fourth-order valence-corrected chi connectivity index (χ4v) is 2.46. The molecule has 0 atom stereocenters. The van der Waals surface area contributed by atoms with Gasteiger partial charge in [0, 0.05) is 26.7 Å². The van der Waals surface area contributed by atoms with Gasteiger partial charge >= 0.3 is 0 Å². The van der Waals surface area contributed by atoms with E-state index in [1.165, 1.54) is 6.42 Å². The van der Waals surface area contributed by atoms with Crippen molar-refractivity contribution >= 4 is 29.9 Å². The zero-order valence-corrected chi connectivity index (χ0v) is 15.1. The van der Waals surface area contributed by atoms with Gasteiger partial charge in [-0.25, -0.2) is 0 Å². The Morgan fingerprint density at radius 1 is 1.50 bits per heavy atom. The van der Waals surface area contributed by atoms with Gasteiger partial charge in [-0.3, -0.25) is 4.99 Å². The number of nitrogens with zero attached hydrogens (tertiary/aromatic N) is 5. The second-order valence-electron chi connectivity index (χ2n) is 5.77.